The van der Waals surface area contributed by atoms with Gasteiger partial charge in [0.25, 0.3) is 5.91 Å². The highest BCUT2D eigenvalue weighted by Crippen LogP contribution is 2.39. The Labute approximate surface area is 225 Å². The van der Waals surface area contributed by atoms with Gasteiger partial charge in [-0.25, -0.2) is 0 Å². The van der Waals surface area contributed by atoms with Crippen molar-refractivity contribution in [3.8, 4) is 5.75 Å². The Morgan fingerprint density at radius 1 is 1.32 bits per heavy atom. The van der Waals surface area contributed by atoms with E-state index in [2.05, 4.69) is 35.1 Å². The number of aromatic nitrogens is 3. The van der Waals surface area contributed by atoms with E-state index in [-0.39, 0.29) is 17.8 Å². The lowest BCUT2D eigenvalue weighted by Gasteiger charge is -2.18. The van der Waals surface area contributed by atoms with E-state index in [4.69, 9.17) is 10.5 Å². The summed E-state index contributed by atoms with van der Waals surface area (Å²) < 4.78 is 8.06. The average Bonchev–Trinajstić information content (AvgIpc) is 3.37. The third kappa shape index (κ3) is 6.24. The van der Waals surface area contributed by atoms with Gasteiger partial charge in [0.05, 0.1) is 11.3 Å². The van der Waals surface area contributed by atoms with Gasteiger partial charge < -0.3 is 15.8 Å². The standard InChI is InChI=1S/C27H33N5O3S2/c1-6-9-32-25(18(5)35-19-11-16(3)10-17(4)12-19)30-31-27(32)36-14-22(33)29-26-23(24(28)34)20-8-7-15(2)13-21(20)37-26/h6,10-12,15,18H,1,7-9,13-14H2,2-5H3,(H2,28,34)(H,29,33). The van der Waals surface area contributed by atoms with Gasteiger partial charge in [-0.15, -0.1) is 28.1 Å². The highest BCUT2D eigenvalue weighted by atomic mass is 32.2. The van der Waals surface area contributed by atoms with Crippen LogP contribution in [0.4, 0.5) is 5.00 Å². The topological polar surface area (TPSA) is 112 Å². The molecule has 0 aliphatic heterocycles. The molecular formula is C27H33N5O3S2. The predicted molar refractivity (Wildman–Crippen MR) is 149 cm³/mol. The number of rotatable bonds is 10. The molecule has 3 N–H and O–H groups in total. The number of nitrogens with zero attached hydrogens (tertiary/aromatic N) is 3. The van der Waals surface area contributed by atoms with Crippen molar-refractivity contribution in [2.75, 3.05) is 11.1 Å². The van der Waals surface area contributed by atoms with Crippen LogP contribution in [0.1, 0.15) is 64.1 Å². The van der Waals surface area contributed by atoms with Gasteiger partial charge >= 0.3 is 0 Å². The predicted octanol–water partition coefficient (Wildman–Crippen LogP) is 5.24. The molecule has 2 heterocycles. The summed E-state index contributed by atoms with van der Waals surface area (Å²) in [7, 11) is 0. The number of amides is 2. The third-order valence-corrected chi connectivity index (χ3v) is 8.41. The summed E-state index contributed by atoms with van der Waals surface area (Å²) in [6, 6.07) is 6.07. The van der Waals surface area contributed by atoms with Crippen molar-refractivity contribution in [3.05, 3.63) is 63.8 Å². The summed E-state index contributed by atoms with van der Waals surface area (Å²) >= 11 is 2.74. The van der Waals surface area contributed by atoms with E-state index >= 15 is 0 Å². The monoisotopic (exact) mass is 539 g/mol. The zero-order chi connectivity index (χ0) is 26.7. The van der Waals surface area contributed by atoms with Gasteiger partial charge in [-0.1, -0.05) is 30.8 Å². The number of primary amides is 1. The molecule has 196 valence electrons. The van der Waals surface area contributed by atoms with Crippen LogP contribution in [0.5, 0.6) is 5.75 Å². The van der Waals surface area contributed by atoms with Crippen molar-refractivity contribution in [2.45, 2.75) is 64.8 Å². The number of carbonyl (C=O) groups is 2. The highest BCUT2D eigenvalue weighted by molar-refractivity contribution is 7.99. The van der Waals surface area contributed by atoms with Crippen LogP contribution in [-0.2, 0) is 24.2 Å². The van der Waals surface area contributed by atoms with Crippen molar-refractivity contribution >= 4 is 39.9 Å². The van der Waals surface area contributed by atoms with E-state index in [0.29, 0.717) is 34.0 Å². The summed E-state index contributed by atoms with van der Waals surface area (Å²) in [5.41, 5.74) is 9.38. The second-order valence-electron chi connectivity index (χ2n) is 9.58. The van der Waals surface area contributed by atoms with Gasteiger partial charge in [0.15, 0.2) is 17.1 Å². The molecule has 0 saturated heterocycles. The zero-order valence-electron chi connectivity index (χ0n) is 21.7. The Balaban J connectivity index is 1.46. The second-order valence-corrected chi connectivity index (χ2v) is 11.6. The normalized spacial score (nSPS) is 15.6. The molecule has 0 bridgehead atoms. The maximum absolute atomic E-state index is 12.9. The molecule has 2 aromatic heterocycles. The average molecular weight is 540 g/mol. The number of hydrogen-bond acceptors (Lipinski definition) is 7. The maximum Gasteiger partial charge on any atom is 0.251 e. The Morgan fingerprint density at radius 3 is 2.73 bits per heavy atom. The summed E-state index contributed by atoms with van der Waals surface area (Å²) in [5, 5.41) is 12.7. The number of fused-ring (bicyclic) bond motifs is 1. The fourth-order valence-corrected chi connectivity index (χ4v) is 6.85. The van der Waals surface area contributed by atoms with Crippen molar-refractivity contribution in [1.82, 2.24) is 14.8 Å². The molecule has 0 fully saturated rings. The second kappa shape index (κ2) is 11.5. The van der Waals surface area contributed by atoms with Gasteiger partial charge in [0.2, 0.25) is 5.91 Å². The molecule has 1 aliphatic rings. The molecule has 1 aliphatic carbocycles. The first-order valence-electron chi connectivity index (χ1n) is 12.3. The molecule has 37 heavy (non-hydrogen) atoms. The Bertz CT molecular complexity index is 1310. The maximum atomic E-state index is 12.9. The number of allylic oxidation sites excluding steroid dienone is 1. The molecule has 0 saturated carbocycles. The minimum absolute atomic E-state index is 0.110. The fraction of sp³-hybridized carbons (Fsp3) is 0.407. The van der Waals surface area contributed by atoms with E-state index in [1.165, 1.54) is 23.1 Å². The lowest BCUT2D eigenvalue weighted by molar-refractivity contribution is -0.113. The van der Waals surface area contributed by atoms with Crippen LogP contribution in [0.3, 0.4) is 0 Å². The van der Waals surface area contributed by atoms with Crippen LogP contribution in [0.25, 0.3) is 0 Å². The number of hydrogen-bond donors (Lipinski definition) is 2. The first kappa shape index (κ1) is 26.9. The van der Waals surface area contributed by atoms with Crippen molar-refractivity contribution < 1.29 is 14.3 Å². The number of carbonyl (C=O) groups excluding carboxylic acids is 2. The molecule has 10 heteroatoms. The summed E-state index contributed by atoms with van der Waals surface area (Å²) in [6.45, 7) is 12.5. The van der Waals surface area contributed by atoms with Gasteiger partial charge in [-0.2, -0.15) is 0 Å². The molecule has 8 nitrogen and oxygen atoms in total. The summed E-state index contributed by atoms with van der Waals surface area (Å²) in [6.07, 6.45) is 4.14. The minimum atomic E-state index is -0.497. The van der Waals surface area contributed by atoms with E-state index in [9.17, 15) is 9.59 Å². The van der Waals surface area contributed by atoms with Crippen molar-refractivity contribution in [1.29, 1.82) is 0 Å². The van der Waals surface area contributed by atoms with Crippen LogP contribution in [-0.4, -0.2) is 32.3 Å². The zero-order valence-corrected chi connectivity index (χ0v) is 23.3. The minimum Gasteiger partial charge on any atom is -0.483 e. The van der Waals surface area contributed by atoms with Crippen LogP contribution in [0.15, 0.2) is 36.0 Å². The molecule has 0 radical (unpaired) electrons. The largest absolute Gasteiger partial charge is 0.483 e. The Morgan fingerprint density at radius 2 is 2.05 bits per heavy atom. The lowest BCUT2D eigenvalue weighted by Crippen LogP contribution is -2.20. The van der Waals surface area contributed by atoms with E-state index < -0.39 is 5.91 Å². The number of nitrogens with one attached hydrogen (secondary N) is 1. The molecule has 3 aromatic rings. The lowest BCUT2D eigenvalue weighted by atomic mass is 9.88. The number of thioether (sulfide) groups is 1. The number of anilines is 1. The molecule has 0 spiro atoms. The summed E-state index contributed by atoms with van der Waals surface area (Å²) in [5.74, 6) is 1.36. The molecule has 4 rings (SSSR count). The smallest absolute Gasteiger partial charge is 0.251 e. The number of thiophene rings is 1. The van der Waals surface area contributed by atoms with Crippen LogP contribution in [0.2, 0.25) is 0 Å². The van der Waals surface area contributed by atoms with Crippen LogP contribution < -0.4 is 15.8 Å². The molecule has 1 aromatic carbocycles. The fourth-order valence-electron chi connectivity index (χ4n) is 4.66. The third-order valence-electron chi connectivity index (χ3n) is 6.27. The quantitative estimate of drug-likeness (QED) is 0.269. The summed E-state index contributed by atoms with van der Waals surface area (Å²) in [4.78, 5) is 26.2. The number of ether oxygens (including phenoxy) is 1. The van der Waals surface area contributed by atoms with E-state index in [1.54, 1.807) is 6.08 Å². The first-order chi connectivity index (χ1) is 17.7. The van der Waals surface area contributed by atoms with Crippen LogP contribution >= 0.6 is 23.1 Å². The van der Waals surface area contributed by atoms with Gasteiger partial charge in [-0.3, -0.25) is 14.2 Å². The van der Waals surface area contributed by atoms with E-state index in [1.807, 2.05) is 37.5 Å². The number of aryl methyl sites for hydroxylation is 2. The van der Waals surface area contributed by atoms with E-state index in [0.717, 1.165) is 46.6 Å². The van der Waals surface area contributed by atoms with Crippen molar-refractivity contribution in [3.63, 3.8) is 0 Å². The Kier molecular flexibility index (Phi) is 8.39. The van der Waals surface area contributed by atoms with Crippen molar-refractivity contribution in [2.24, 2.45) is 11.7 Å². The first-order valence-corrected chi connectivity index (χ1v) is 14.1. The SMILES string of the molecule is C=CCn1c(SCC(=O)Nc2sc3c(c2C(N)=O)CCC(C)C3)nnc1C(C)Oc1cc(C)cc(C)c1. The van der Waals surface area contributed by atoms with Gasteiger partial charge in [-0.05, 0) is 74.8 Å². The Hall–Kier alpha value is -3.11. The molecular weight excluding hydrogens is 506 g/mol. The molecule has 2 atom stereocenters. The molecule has 2 unspecified atom stereocenters. The van der Waals surface area contributed by atoms with Gasteiger partial charge in [0, 0.05) is 11.4 Å². The van der Waals surface area contributed by atoms with Crippen LogP contribution in [0, 0.1) is 19.8 Å². The highest BCUT2D eigenvalue weighted by Gasteiger charge is 2.27. The molecule has 2 amide bonds. The van der Waals surface area contributed by atoms with Gasteiger partial charge in [0.1, 0.15) is 10.8 Å². The number of benzene rings is 1. The number of nitrogens with two attached hydrogens (primary N) is 1.